The molecule has 0 bridgehead atoms. The van der Waals surface area contributed by atoms with E-state index in [9.17, 15) is 0 Å². The SMILES string of the molecule is c1ccc(-c2nnc(CSc3ncnc4ccccc34)o2)cc1. The first kappa shape index (κ1) is 13.9. The van der Waals surface area contributed by atoms with Gasteiger partial charge in [-0.15, -0.1) is 10.2 Å². The van der Waals surface area contributed by atoms with Crippen LogP contribution < -0.4 is 0 Å². The summed E-state index contributed by atoms with van der Waals surface area (Å²) in [6.07, 6.45) is 1.58. The van der Waals surface area contributed by atoms with Gasteiger partial charge in [0.15, 0.2) is 0 Å². The van der Waals surface area contributed by atoms with Gasteiger partial charge < -0.3 is 4.42 Å². The highest BCUT2D eigenvalue weighted by Gasteiger charge is 2.10. The fraction of sp³-hybridized carbons (Fsp3) is 0.0588. The molecule has 6 heteroatoms. The molecule has 4 rings (SSSR count). The monoisotopic (exact) mass is 320 g/mol. The van der Waals surface area contributed by atoms with Crippen molar-refractivity contribution in [3.05, 3.63) is 66.8 Å². The van der Waals surface area contributed by atoms with E-state index in [1.807, 2.05) is 54.6 Å². The number of thioether (sulfide) groups is 1. The van der Waals surface area contributed by atoms with Crippen molar-refractivity contribution in [2.24, 2.45) is 0 Å². The van der Waals surface area contributed by atoms with Crippen molar-refractivity contribution in [2.45, 2.75) is 10.8 Å². The number of benzene rings is 2. The van der Waals surface area contributed by atoms with Gasteiger partial charge in [0.2, 0.25) is 11.8 Å². The van der Waals surface area contributed by atoms with Gasteiger partial charge in [-0.3, -0.25) is 0 Å². The Morgan fingerprint density at radius 1 is 0.870 bits per heavy atom. The van der Waals surface area contributed by atoms with Gasteiger partial charge in [0.1, 0.15) is 11.4 Å². The Bertz CT molecular complexity index is 934. The van der Waals surface area contributed by atoms with Gasteiger partial charge in [-0.2, -0.15) is 0 Å². The van der Waals surface area contributed by atoms with Gasteiger partial charge >= 0.3 is 0 Å². The smallest absolute Gasteiger partial charge is 0.247 e. The highest BCUT2D eigenvalue weighted by Crippen LogP contribution is 2.27. The van der Waals surface area contributed by atoms with Crippen LogP contribution in [0.4, 0.5) is 0 Å². The summed E-state index contributed by atoms with van der Waals surface area (Å²) in [7, 11) is 0. The molecule has 0 unspecified atom stereocenters. The summed E-state index contributed by atoms with van der Waals surface area (Å²) in [6, 6.07) is 17.7. The Morgan fingerprint density at radius 2 is 1.70 bits per heavy atom. The molecule has 0 saturated heterocycles. The average Bonchev–Trinajstić information content (AvgIpc) is 3.10. The normalized spacial score (nSPS) is 11.0. The molecule has 0 radical (unpaired) electrons. The van der Waals surface area contributed by atoms with Crippen molar-refractivity contribution in [1.82, 2.24) is 20.2 Å². The summed E-state index contributed by atoms with van der Waals surface area (Å²) in [4.78, 5) is 8.61. The third-order valence-corrected chi connectivity index (χ3v) is 4.32. The van der Waals surface area contributed by atoms with Crippen LogP contribution >= 0.6 is 11.8 Å². The third kappa shape index (κ3) is 2.93. The lowest BCUT2D eigenvalue weighted by molar-refractivity contribution is 0.528. The molecule has 2 heterocycles. The lowest BCUT2D eigenvalue weighted by Gasteiger charge is -2.02. The Labute approximate surface area is 136 Å². The summed E-state index contributed by atoms with van der Waals surface area (Å²) in [5, 5.41) is 10.1. The maximum Gasteiger partial charge on any atom is 0.247 e. The second-order valence-corrected chi connectivity index (χ2v) is 5.82. The van der Waals surface area contributed by atoms with Gasteiger partial charge in [0.25, 0.3) is 0 Å². The second-order valence-electron chi connectivity index (χ2n) is 4.85. The van der Waals surface area contributed by atoms with Crippen molar-refractivity contribution in [1.29, 1.82) is 0 Å². The topological polar surface area (TPSA) is 64.7 Å². The first-order chi connectivity index (χ1) is 11.4. The summed E-state index contributed by atoms with van der Waals surface area (Å²) in [6.45, 7) is 0. The van der Waals surface area contributed by atoms with Gasteiger partial charge in [-0.05, 0) is 18.2 Å². The van der Waals surface area contributed by atoms with E-state index in [0.717, 1.165) is 21.5 Å². The molecule has 0 saturated carbocycles. The van der Waals surface area contributed by atoms with Crippen molar-refractivity contribution >= 4 is 22.7 Å². The van der Waals surface area contributed by atoms with E-state index in [1.54, 1.807) is 18.1 Å². The molecule has 0 aliphatic carbocycles. The second kappa shape index (κ2) is 6.18. The van der Waals surface area contributed by atoms with Crippen LogP contribution in [0.3, 0.4) is 0 Å². The molecular weight excluding hydrogens is 308 g/mol. The van der Waals surface area contributed by atoms with E-state index >= 15 is 0 Å². The Balaban J connectivity index is 1.54. The minimum Gasteiger partial charge on any atom is -0.420 e. The molecule has 112 valence electrons. The van der Waals surface area contributed by atoms with Gasteiger partial charge in [0.05, 0.1) is 11.3 Å². The van der Waals surface area contributed by atoms with Crippen LogP contribution in [-0.2, 0) is 5.75 Å². The molecule has 2 aromatic carbocycles. The maximum atomic E-state index is 5.72. The quantitative estimate of drug-likeness (QED) is 0.419. The van der Waals surface area contributed by atoms with Crippen molar-refractivity contribution < 1.29 is 4.42 Å². The zero-order chi connectivity index (χ0) is 15.5. The van der Waals surface area contributed by atoms with E-state index in [2.05, 4.69) is 20.2 Å². The van der Waals surface area contributed by atoms with E-state index in [0.29, 0.717) is 17.5 Å². The summed E-state index contributed by atoms with van der Waals surface area (Å²) < 4.78 is 5.72. The Hall–Kier alpha value is -2.73. The van der Waals surface area contributed by atoms with E-state index in [4.69, 9.17) is 4.42 Å². The predicted molar refractivity (Wildman–Crippen MR) is 88.8 cm³/mol. The number of fused-ring (bicyclic) bond motifs is 1. The minimum atomic E-state index is 0.536. The number of para-hydroxylation sites is 1. The predicted octanol–water partition coefficient (Wildman–Crippen LogP) is 3.97. The zero-order valence-electron chi connectivity index (χ0n) is 12.1. The number of aromatic nitrogens is 4. The molecule has 5 nitrogen and oxygen atoms in total. The maximum absolute atomic E-state index is 5.72. The largest absolute Gasteiger partial charge is 0.420 e. The van der Waals surface area contributed by atoms with Crippen LogP contribution in [0.1, 0.15) is 5.89 Å². The van der Waals surface area contributed by atoms with Crippen LogP contribution in [0.2, 0.25) is 0 Å². The van der Waals surface area contributed by atoms with Crippen LogP contribution in [0, 0.1) is 0 Å². The third-order valence-electron chi connectivity index (χ3n) is 3.33. The molecule has 4 aromatic rings. The molecule has 2 aromatic heterocycles. The molecule has 23 heavy (non-hydrogen) atoms. The van der Waals surface area contributed by atoms with Crippen molar-refractivity contribution in [3.63, 3.8) is 0 Å². The fourth-order valence-corrected chi connectivity index (χ4v) is 3.06. The van der Waals surface area contributed by atoms with E-state index in [1.165, 1.54) is 0 Å². The zero-order valence-corrected chi connectivity index (χ0v) is 12.9. The fourth-order valence-electron chi connectivity index (χ4n) is 2.23. The number of hydrogen-bond donors (Lipinski definition) is 0. The molecule has 0 spiro atoms. The van der Waals surface area contributed by atoms with Crippen molar-refractivity contribution in [3.8, 4) is 11.5 Å². The van der Waals surface area contributed by atoms with Crippen LogP contribution in [0.15, 0.2) is 70.4 Å². The lowest BCUT2D eigenvalue weighted by atomic mass is 10.2. The minimum absolute atomic E-state index is 0.536. The van der Waals surface area contributed by atoms with Gasteiger partial charge in [-0.25, -0.2) is 9.97 Å². The highest BCUT2D eigenvalue weighted by atomic mass is 32.2. The summed E-state index contributed by atoms with van der Waals surface area (Å²) >= 11 is 1.56. The Kier molecular flexibility index (Phi) is 3.73. The first-order valence-electron chi connectivity index (χ1n) is 7.10. The van der Waals surface area contributed by atoms with E-state index < -0.39 is 0 Å². The Morgan fingerprint density at radius 3 is 2.61 bits per heavy atom. The summed E-state index contributed by atoms with van der Waals surface area (Å²) in [5.74, 6) is 1.69. The summed E-state index contributed by atoms with van der Waals surface area (Å²) in [5.41, 5.74) is 1.85. The number of hydrogen-bond acceptors (Lipinski definition) is 6. The highest BCUT2D eigenvalue weighted by molar-refractivity contribution is 7.98. The molecule has 0 aliphatic heterocycles. The van der Waals surface area contributed by atoms with Gasteiger partial charge in [-0.1, -0.05) is 48.2 Å². The number of nitrogens with zero attached hydrogens (tertiary/aromatic N) is 4. The van der Waals surface area contributed by atoms with E-state index in [-0.39, 0.29) is 0 Å². The van der Waals surface area contributed by atoms with Crippen LogP contribution in [0.5, 0.6) is 0 Å². The first-order valence-corrected chi connectivity index (χ1v) is 8.09. The average molecular weight is 320 g/mol. The molecule has 0 N–H and O–H groups in total. The van der Waals surface area contributed by atoms with Crippen molar-refractivity contribution in [2.75, 3.05) is 0 Å². The molecular formula is C17H12N4OS. The standard InChI is InChI=1S/C17H12N4OS/c1-2-6-12(7-3-1)16-21-20-15(22-16)10-23-17-13-8-4-5-9-14(13)18-11-19-17/h1-9,11H,10H2. The molecule has 0 atom stereocenters. The van der Waals surface area contributed by atoms with Crippen LogP contribution in [0.25, 0.3) is 22.4 Å². The molecule has 0 fully saturated rings. The number of rotatable bonds is 4. The molecule has 0 amide bonds. The lowest BCUT2D eigenvalue weighted by Crippen LogP contribution is -1.88. The van der Waals surface area contributed by atoms with Crippen LogP contribution in [-0.4, -0.2) is 20.2 Å². The molecule has 0 aliphatic rings. The van der Waals surface area contributed by atoms with Gasteiger partial charge in [0, 0.05) is 10.9 Å².